The zero-order chi connectivity index (χ0) is 13.0. The number of anilines is 1. The van der Waals surface area contributed by atoms with Gasteiger partial charge in [-0.25, -0.2) is 0 Å². The van der Waals surface area contributed by atoms with E-state index in [1.54, 1.807) is 12.1 Å². The number of ketones is 1. The molecule has 1 rings (SSSR count). The molecule has 0 saturated heterocycles. The van der Waals surface area contributed by atoms with Crippen LogP contribution in [0.25, 0.3) is 0 Å². The molecule has 2 N–H and O–H groups in total. The van der Waals surface area contributed by atoms with E-state index in [0.29, 0.717) is 10.7 Å². The van der Waals surface area contributed by atoms with Gasteiger partial charge in [-0.1, -0.05) is 23.2 Å². The fourth-order valence-corrected chi connectivity index (χ4v) is 1.80. The number of benzene rings is 1. The molecule has 0 aliphatic rings. The Bertz CT molecular complexity index is 460. The first kappa shape index (κ1) is 13.8. The van der Waals surface area contributed by atoms with Gasteiger partial charge in [-0.3, -0.25) is 9.59 Å². The Morgan fingerprint density at radius 2 is 2.00 bits per heavy atom. The lowest BCUT2D eigenvalue weighted by molar-refractivity contribution is -0.136. The summed E-state index contributed by atoms with van der Waals surface area (Å²) < 4.78 is 0. The van der Waals surface area contributed by atoms with Crippen molar-refractivity contribution in [3.63, 3.8) is 0 Å². The molecule has 92 valence electrons. The maximum atomic E-state index is 11.4. The lowest BCUT2D eigenvalue weighted by Gasteiger charge is -2.11. The van der Waals surface area contributed by atoms with Crippen molar-refractivity contribution in [3.8, 4) is 0 Å². The van der Waals surface area contributed by atoms with Crippen LogP contribution in [-0.2, 0) is 4.79 Å². The van der Waals surface area contributed by atoms with Crippen LogP contribution in [0.3, 0.4) is 0 Å². The summed E-state index contributed by atoms with van der Waals surface area (Å²) in [7, 11) is 0. The molecule has 0 saturated carbocycles. The Labute approximate surface area is 109 Å². The van der Waals surface area contributed by atoms with Gasteiger partial charge in [-0.2, -0.15) is 0 Å². The summed E-state index contributed by atoms with van der Waals surface area (Å²) in [4.78, 5) is 21.8. The molecule has 0 radical (unpaired) electrons. The normalized spacial score (nSPS) is 10.1. The molecule has 6 heteroatoms. The van der Waals surface area contributed by atoms with Crippen molar-refractivity contribution in [2.75, 3.05) is 11.9 Å². The van der Waals surface area contributed by atoms with Gasteiger partial charge in [0.1, 0.15) is 0 Å². The highest BCUT2D eigenvalue weighted by Crippen LogP contribution is 2.31. The largest absolute Gasteiger partial charge is 0.481 e. The summed E-state index contributed by atoms with van der Waals surface area (Å²) in [6.45, 7) is 1.59. The van der Waals surface area contributed by atoms with Crippen LogP contribution >= 0.6 is 23.2 Å². The Hall–Kier alpha value is -1.26. The number of carboxylic acid groups (broad SMARTS) is 1. The fourth-order valence-electron chi connectivity index (χ4n) is 1.35. The number of carboxylic acids is 1. The van der Waals surface area contributed by atoms with E-state index in [-0.39, 0.29) is 29.3 Å². The van der Waals surface area contributed by atoms with Gasteiger partial charge in [-0.05, 0) is 19.1 Å². The molecule has 0 fully saturated rings. The summed E-state index contributed by atoms with van der Waals surface area (Å²) in [5.74, 6) is -1.14. The third kappa shape index (κ3) is 3.61. The van der Waals surface area contributed by atoms with Gasteiger partial charge >= 0.3 is 5.97 Å². The highest BCUT2D eigenvalue weighted by molar-refractivity contribution is 6.44. The predicted molar refractivity (Wildman–Crippen MR) is 67.2 cm³/mol. The first-order valence-corrected chi connectivity index (χ1v) is 5.63. The smallest absolute Gasteiger partial charge is 0.305 e. The van der Waals surface area contributed by atoms with E-state index in [2.05, 4.69) is 5.32 Å². The van der Waals surface area contributed by atoms with Crippen molar-refractivity contribution in [2.45, 2.75) is 13.3 Å². The average molecular weight is 276 g/mol. The molecule has 0 heterocycles. The molecule has 0 atom stereocenters. The quantitative estimate of drug-likeness (QED) is 0.811. The van der Waals surface area contributed by atoms with E-state index < -0.39 is 5.97 Å². The van der Waals surface area contributed by atoms with Crippen LogP contribution in [-0.4, -0.2) is 23.4 Å². The summed E-state index contributed by atoms with van der Waals surface area (Å²) in [5, 5.41) is 11.8. The molecule has 0 bridgehead atoms. The lowest BCUT2D eigenvalue weighted by Crippen LogP contribution is -2.10. The average Bonchev–Trinajstić information content (AvgIpc) is 2.22. The molecule has 0 amide bonds. The first-order valence-electron chi connectivity index (χ1n) is 4.88. The number of Topliss-reactive ketones (excluding diaryl/α,β-unsaturated/α-hetero) is 1. The van der Waals surface area contributed by atoms with Crippen LogP contribution in [0, 0.1) is 0 Å². The van der Waals surface area contributed by atoms with E-state index in [1.165, 1.54) is 6.92 Å². The Balaban J connectivity index is 2.95. The molecule has 0 aliphatic heterocycles. The molecular weight excluding hydrogens is 265 g/mol. The minimum Gasteiger partial charge on any atom is -0.481 e. The molecule has 1 aromatic rings. The topological polar surface area (TPSA) is 66.4 Å². The van der Waals surface area contributed by atoms with Gasteiger partial charge in [0.25, 0.3) is 0 Å². The van der Waals surface area contributed by atoms with Crippen molar-refractivity contribution >= 4 is 40.6 Å². The Kier molecular flexibility index (Phi) is 4.78. The number of nitrogens with one attached hydrogen (secondary N) is 1. The van der Waals surface area contributed by atoms with Crippen molar-refractivity contribution < 1.29 is 14.7 Å². The molecule has 17 heavy (non-hydrogen) atoms. The molecule has 0 aromatic heterocycles. The zero-order valence-electron chi connectivity index (χ0n) is 9.09. The van der Waals surface area contributed by atoms with Crippen LogP contribution in [0.1, 0.15) is 23.7 Å². The van der Waals surface area contributed by atoms with Crippen LogP contribution in [0.15, 0.2) is 12.1 Å². The van der Waals surface area contributed by atoms with E-state index >= 15 is 0 Å². The summed E-state index contributed by atoms with van der Waals surface area (Å²) in [6.07, 6.45) is -0.0441. The van der Waals surface area contributed by atoms with Gasteiger partial charge in [0.05, 0.1) is 22.0 Å². The summed E-state index contributed by atoms with van der Waals surface area (Å²) in [6, 6.07) is 3.16. The zero-order valence-corrected chi connectivity index (χ0v) is 10.6. The van der Waals surface area contributed by atoms with Crippen molar-refractivity contribution in [3.05, 3.63) is 27.7 Å². The van der Waals surface area contributed by atoms with Crippen LogP contribution < -0.4 is 5.32 Å². The summed E-state index contributed by atoms with van der Waals surface area (Å²) >= 11 is 11.7. The minimum absolute atomic E-state index is 0.0441. The van der Waals surface area contributed by atoms with Crippen molar-refractivity contribution in [1.82, 2.24) is 0 Å². The van der Waals surface area contributed by atoms with Crippen LogP contribution in [0.2, 0.25) is 10.0 Å². The molecule has 1 aromatic carbocycles. The number of carbonyl (C=O) groups is 2. The number of hydrogen-bond acceptors (Lipinski definition) is 3. The second-order valence-corrected chi connectivity index (χ2v) is 4.20. The lowest BCUT2D eigenvalue weighted by atomic mass is 10.1. The van der Waals surface area contributed by atoms with E-state index in [0.717, 1.165) is 0 Å². The van der Waals surface area contributed by atoms with Crippen LogP contribution in [0.5, 0.6) is 0 Å². The van der Waals surface area contributed by atoms with E-state index in [9.17, 15) is 9.59 Å². The van der Waals surface area contributed by atoms with Gasteiger partial charge < -0.3 is 10.4 Å². The third-order valence-corrected chi connectivity index (χ3v) is 2.91. The second kappa shape index (κ2) is 5.89. The molecular formula is C11H11Cl2NO3. The second-order valence-electron chi connectivity index (χ2n) is 3.41. The highest BCUT2D eigenvalue weighted by atomic mass is 35.5. The highest BCUT2D eigenvalue weighted by Gasteiger charge is 2.14. The first-order chi connectivity index (χ1) is 7.93. The molecule has 0 unspecified atom stereocenters. The van der Waals surface area contributed by atoms with Gasteiger partial charge in [0.15, 0.2) is 5.78 Å². The maximum absolute atomic E-state index is 11.4. The molecule has 4 nitrogen and oxygen atoms in total. The maximum Gasteiger partial charge on any atom is 0.305 e. The number of rotatable bonds is 5. The third-order valence-electron chi connectivity index (χ3n) is 2.10. The minimum atomic E-state index is -0.915. The number of aliphatic carboxylic acids is 1. The van der Waals surface area contributed by atoms with E-state index in [4.69, 9.17) is 28.3 Å². The SMILES string of the molecule is CC(=O)c1c(NCCC(=O)O)ccc(Cl)c1Cl. The fraction of sp³-hybridized carbons (Fsp3) is 0.273. The van der Waals surface area contributed by atoms with Gasteiger partial charge in [-0.15, -0.1) is 0 Å². The molecule has 0 aliphatic carbocycles. The molecule has 0 spiro atoms. The standard InChI is InChI=1S/C11H11Cl2NO3/c1-6(15)10-8(14-5-4-9(16)17)3-2-7(12)11(10)13/h2-3,14H,4-5H2,1H3,(H,16,17). The number of carbonyl (C=O) groups excluding carboxylic acids is 1. The number of halogens is 2. The Morgan fingerprint density at radius 3 is 2.53 bits per heavy atom. The van der Waals surface area contributed by atoms with Gasteiger partial charge in [0.2, 0.25) is 0 Å². The predicted octanol–water partition coefficient (Wildman–Crippen LogP) is 3.08. The van der Waals surface area contributed by atoms with Gasteiger partial charge in [0, 0.05) is 12.2 Å². The van der Waals surface area contributed by atoms with Crippen molar-refractivity contribution in [1.29, 1.82) is 0 Å². The Morgan fingerprint density at radius 1 is 1.35 bits per heavy atom. The van der Waals surface area contributed by atoms with Crippen molar-refractivity contribution in [2.24, 2.45) is 0 Å². The summed E-state index contributed by atoms with van der Waals surface area (Å²) in [5.41, 5.74) is 0.776. The monoisotopic (exact) mass is 275 g/mol. The van der Waals surface area contributed by atoms with Crippen LogP contribution in [0.4, 0.5) is 5.69 Å². The van der Waals surface area contributed by atoms with E-state index in [1.807, 2.05) is 0 Å². The number of hydrogen-bond donors (Lipinski definition) is 2.